The maximum Gasteiger partial charge on any atom is 0.356 e. The monoisotopic (exact) mass is 392 g/mol. The van der Waals surface area contributed by atoms with Crippen LogP contribution in [0.1, 0.15) is 17.2 Å². The number of fused-ring (bicyclic) bond motifs is 1. The summed E-state index contributed by atoms with van der Waals surface area (Å²) in [6.45, 7) is 3.79. The Kier molecular flexibility index (Phi) is 5.07. The average Bonchev–Trinajstić information content (AvgIpc) is 2.76. The number of carbonyl (C=O) groups is 2. The molecule has 2 atom stereocenters. The number of hydrogen-bond acceptors (Lipinski definition) is 5. The highest BCUT2D eigenvalue weighted by Gasteiger charge is 2.52. The normalized spacial score (nSPS) is 21.2. The maximum absolute atomic E-state index is 13.2. The Bertz CT molecular complexity index is 903. The van der Waals surface area contributed by atoms with Gasteiger partial charge in [0, 0.05) is 5.75 Å². The third kappa shape index (κ3) is 3.15. The fraction of sp³-hybridized carbons (Fsp3) is 0.182. The van der Waals surface area contributed by atoms with E-state index in [0.29, 0.717) is 11.3 Å². The first-order valence-electron chi connectivity index (χ1n) is 8.98. The van der Waals surface area contributed by atoms with Crippen LogP contribution < -0.4 is 5.73 Å². The van der Waals surface area contributed by atoms with Gasteiger partial charge in [-0.3, -0.25) is 9.69 Å². The molecule has 0 aromatic heterocycles. The number of nitrogens with zero attached hydrogens (tertiary/aromatic N) is 1. The second-order valence-electron chi connectivity index (χ2n) is 6.62. The largest absolute Gasteiger partial charge is 0.448 e. The number of thioether (sulfide) groups is 1. The summed E-state index contributed by atoms with van der Waals surface area (Å²) in [6, 6.07) is 18.5. The Morgan fingerprint density at radius 2 is 1.71 bits per heavy atom. The van der Waals surface area contributed by atoms with Crippen molar-refractivity contribution in [2.45, 2.75) is 17.5 Å². The molecule has 0 aliphatic carbocycles. The van der Waals surface area contributed by atoms with Gasteiger partial charge in [-0.25, -0.2) is 4.79 Å². The second-order valence-corrected chi connectivity index (χ2v) is 7.73. The Morgan fingerprint density at radius 1 is 1.14 bits per heavy atom. The minimum atomic E-state index is -0.585. The molecule has 1 saturated heterocycles. The minimum absolute atomic E-state index is 0.231. The Balaban J connectivity index is 1.69. The summed E-state index contributed by atoms with van der Waals surface area (Å²) < 4.78 is 5.94. The Morgan fingerprint density at radius 3 is 2.25 bits per heavy atom. The van der Waals surface area contributed by atoms with E-state index >= 15 is 0 Å². The van der Waals surface area contributed by atoms with Gasteiger partial charge >= 0.3 is 5.97 Å². The van der Waals surface area contributed by atoms with Crippen molar-refractivity contribution in [1.82, 2.24) is 4.90 Å². The number of hydrogen-bond donors (Lipinski definition) is 1. The van der Waals surface area contributed by atoms with E-state index in [1.807, 2.05) is 60.7 Å². The van der Waals surface area contributed by atoms with Crippen molar-refractivity contribution >= 4 is 23.6 Å². The van der Waals surface area contributed by atoms with Crippen molar-refractivity contribution in [3.8, 4) is 0 Å². The van der Waals surface area contributed by atoms with Crippen LogP contribution in [0.3, 0.4) is 0 Å². The third-order valence-corrected chi connectivity index (χ3v) is 6.23. The number of β-lactam (4-membered cyclic amide) rings is 1. The van der Waals surface area contributed by atoms with Crippen LogP contribution in [0.2, 0.25) is 0 Å². The fourth-order valence-corrected chi connectivity index (χ4v) is 4.72. The Labute approximate surface area is 167 Å². The number of esters is 1. The summed E-state index contributed by atoms with van der Waals surface area (Å²) in [5, 5.41) is -0.231. The predicted molar refractivity (Wildman–Crippen MR) is 109 cm³/mol. The molecule has 28 heavy (non-hydrogen) atoms. The number of rotatable bonds is 5. The van der Waals surface area contributed by atoms with E-state index in [4.69, 9.17) is 10.5 Å². The van der Waals surface area contributed by atoms with E-state index in [0.717, 1.165) is 11.1 Å². The standard InChI is InChI=1S/C22H20N2O3S/c1-2-14-13-28-21-17(23)20(25)24(21)18(14)22(26)27-19(15-9-5-3-6-10-15)16-11-7-4-8-12-16/h2-12,17,19,21H,1,13,23H2/t17-,21-/m0/s1. The van der Waals surface area contributed by atoms with Crippen LogP contribution in [0.25, 0.3) is 0 Å². The molecule has 6 heteroatoms. The third-order valence-electron chi connectivity index (χ3n) is 4.91. The number of allylic oxidation sites excluding steroid dienone is 1. The molecule has 2 aromatic rings. The molecule has 1 fully saturated rings. The summed E-state index contributed by atoms with van der Waals surface area (Å²) in [4.78, 5) is 27.0. The summed E-state index contributed by atoms with van der Waals surface area (Å²) in [5.74, 6) is -0.241. The number of ether oxygens (including phenoxy) is 1. The van der Waals surface area contributed by atoms with E-state index in [2.05, 4.69) is 6.58 Å². The zero-order valence-corrected chi connectivity index (χ0v) is 16.0. The van der Waals surface area contributed by atoms with Crippen molar-refractivity contribution in [3.05, 3.63) is 95.7 Å². The van der Waals surface area contributed by atoms with Gasteiger partial charge in [0.05, 0.1) is 0 Å². The van der Waals surface area contributed by atoms with E-state index in [1.54, 1.807) is 6.08 Å². The van der Waals surface area contributed by atoms with Crippen molar-refractivity contribution in [2.75, 3.05) is 5.75 Å². The van der Waals surface area contributed by atoms with E-state index in [9.17, 15) is 9.59 Å². The highest BCUT2D eigenvalue weighted by atomic mass is 32.2. The van der Waals surface area contributed by atoms with Crippen LogP contribution >= 0.6 is 11.8 Å². The van der Waals surface area contributed by atoms with Crippen molar-refractivity contribution in [2.24, 2.45) is 5.73 Å². The molecule has 5 nitrogen and oxygen atoms in total. The molecule has 0 spiro atoms. The molecule has 2 aliphatic rings. The molecule has 0 unspecified atom stereocenters. The lowest BCUT2D eigenvalue weighted by Crippen LogP contribution is -2.68. The van der Waals surface area contributed by atoms with E-state index < -0.39 is 18.1 Å². The van der Waals surface area contributed by atoms with Crippen LogP contribution in [-0.4, -0.2) is 33.9 Å². The van der Waals surface area contributed by atoms with Crippen molar-refractivity contribution < 1.29 is 14.3 Å². The highest BCUT2D eigenvalue weighted by Crippen LogP contribution is 2.40. The van der Waals surface area contributed by atoms with Crippen molar-refractivity contribution in [1.29, 1.82) is 0 Å². The molecule has 0 saturated carbocycles. The molecule has 0 radical (unpaired) electrons. The number of carbonyl (C=O) groups excluding carboxylic acids is 2. The molecule has 2 N–H and O–H groups in total. The van der Waals surface area contributed by atoms with Gasteiger partial charge in [0.2, 0.25) is 5.91 Å². The smallest absolute Gasteiger partial charge is 0.356 e. The van der Waals surface area contributed by atoms with Gasteiger partial charge in [0.15, 0.2) is 6.10 Å². The summed E-state index contributed by atoms with van der Waals surface area (Å²) in [5.41, 5.74) is 8.55. The van der Waals surface area contributed by atoms with Crippen LogP contribution in [-0.2, 0) is 14.3 Å². The fourth-order valence-electron chi connectivity index (χ4n) is 3.43. The molecular weight excluding hydrogens is 372 g/mol. The van der Waals surface area contributed by atoms with Gasteiger partial charge in [-0.1, -0.05) is 73.3 Å². The van der Waals surface area contributed by atoms with Crippen LogP contribution in [0.5, 0.6) is 0 Å². The van der Waals surface area contributed by atoms with Gasteiger partial charge < -0.3 is 10.5 Å². The summed E-state index contributed by atoms with van der Waals surface area (Å²) in [6.07, 6.45) is 1.03. The van der Waals surface area contributed by atoms with E-state index in [-0.39, 0.29) is 17.0 Å². The van der Waals surface area contributed by atoms with Crippen molar-refractivity contribution in [3.63, 3.8) is 0 Å². The van der Waals surface area contributed by atoms with Crippen LogP contribution in [0, 0.1) is 0 Å². The average molecular weight is 392 g/mol. The second kappa shape index (κ2) is 7.66. The summed E-state index contributed by atoms with van der Waals surface area (Å²) >= 11 is 1.53. The zero-order chi connectivity index (χ0) is 19.7. The first kappa shape index (κ1) is 18.5. The quantitative estimate of drug-likeness (QED) is 0.626. The van der Waals surface area contributed by atoms with E-state index in [1.165, 1.54) is 16.7 Å². The van der Waals surface area contributed by atoms with Gasteiger partial charge in [-0.15, -0.1) is 11.8 Å². The molecule has 2 aromatic carbocycles. The van der Waals surface area contributed by atoms with Gasteiger partial charge in [-0.05, 0) is 16.7 Å². The van der Waals surface area contributed by atoms with Gasteiger partial charge in [0.1, 0.15) is 17.1 Å². The first-order valence-corrected chi connectivity index (χ1v) is 10.0. The van der Waals surface area contributed by atoms with Gasteiger partial charge in [-0.2, -0.15) is 0 Å². The lowest BCUT2D eigenvalue weighted by molar-refractivity contribution is -0.153. The van der Waals surface area contributed by atoms with Crippen LogP contribution in [0.4, 0.5) is 0 Å². The predicted octanol–water partition coefficient (Wildman–Crippen LogP) is 3.00. The lowest BCUT2D eigenvalue weighted by Gasteiger charge is -2.48. The van der Waals surface area contributed by atoms with Crippen LogP contribution in [0.15, 0.2) is 84.6 Å². The SMILES string of the molecule is C=CC1=C(C(=O)OC(c2ccccc2)c2ccccc2)N2C(=O)[C@H](N)[C@@H]2SC1. The highest BCUT2D eigenvalue weighted by molar-refractivity contribution is 8.00. The maximum atomic E-state index is 13.2. The number of benzene rings is 2. The topological polar surface area (TPSA) is 72.6 Å². The first-order chi connectivity index (χ1) is 13.6. The number of nitrogens with two attached hydrogens (primary N) is 1. The molecule has 2 aliphatic heterocycles. The molecular formula is C22H20N2O3S. The minimum Gasteiger partial charge on any atom is -0.448 e. The Hall–Kier alpha value is -2.83. The molecule has 4 rings (SSSR count). The zero-order valence-electron chi connectivity index (χ0n) is 15.2. The molecule has 0 bridgehead atoms. The molecule has 142 valence electrons. The molecule has 1 amide bonds. The summed E-state index contributed by atoms with van der Waals surface area (Å²) in [7, 11) is 0. The lowest BCUT2D eigenvalue weighted by atomic mass is 10.0. The number of amides is 1. The van der Waals surface area contributed by atoms with Gasteiger partial charge in [0.25, 0.3) is 0 Å². The molecule has 2 heterocycles.